The van der Waals surface area contributed by atoms with Crippen LogP contribution in [0, 0.1) is 6.92 Å². The van der Waals surface area contributed by atoms with E-state index in [1.165, 1.54) is 0 Å². The molecule has 94 valence electrons. The predicted octanol–water partition coefficient (Wildman–Crippen LogP) is 4.16. The highest BCUT2D eigenvalue weighted by Gasteiger charge is 2.20. The predicted molar refractivity (Wildman–Crippen MR) is 72.8 cm³/mol. The summed E-state index contributed by atoms with van der Waals surface area (Å²) in [5, 5.41) is 0. The van der Waals surface area contributed by atoms with Gasteiger partial charge in [0.2, 0.25) is 0 Å². The van der Waals surface area contributed by atoms with Gasteiger partial charge in [0.15, 0.2) is 22.9 Å². The van der Waals surface area contributed by atoms with Gasteiger partial charge in [0.05, 0.1) is 4.47 Å². The molecule has 0 saturated heterocycles. The number of hydrogen-bond donors (Lipinski definition) is 0. The number of halogens is 1. The molecule has 0 radical (unpaired) electrons. The lowest BCUT2D eigenvalue weighted by Crippen LogP contribution is -1.82. The minimum Gasteiger partial charge on any atom is -0.440 e. The van der Waals surface area contributed by atoms with Gasteiger partial charge in [-0.05, 0) is 22.9 Å². The Kier molecular flexibility index (Phi) is 2.66. The Morgan fingerprint density at radius 2 is 1.50 bits per heavy atom. The summed E-state index contributed by atoms with van der Waals surface area (Å²) in [7, 11) is 0. The zero-order valence-electron chi connectivity index (χ0n) is 10.5. The van der Waals surface area contributed by atoms with Crippen molar-refractivity contribution in [3.05, 3.63) is 21.8 Å². The second-order valence-corrected chi connectivity index (χ2v) is 5.01. The molecule has 0 fully saturated rings. The largest absolute Gasteiger partial charge is 0.440 e. The molecule has 1 aromatic carbocycles. The maximum Gasteiger partial charge on any atom is 0.195 e. The minimum absolute atomic E-state index is 0.733. The summed E-state index contributed by atoms with van der Waals surface area (Å²) in [4.78, 5) is 8.97. The molecule has 0 spiro atoms. The maximum atomic E-state index is 5.76. The molecule has 3 rings (SSSR count). The van der Waals surface area contributed by atoms with E-state index < -0.39 is 0 Å². The zero-order valence-corrected chi connectivity index (χ0v) is 12.1. The highest BCUT2D eigenvalue weighted by atomic mass is 79.9. The number of aromatic nitrogens is 2. The van der Waals surface area contributed by atoms with E-state index in [0.717, 1.165) is 56.9 Å². The first-order valence-electron chi connectivity index (χ1n) is 6.02. The van der Waals surface area contributed by atoms with Crippen molar-refractivity contribution in [1.29, 1.82) is 0 Å². The highest BCUT2D eigenvalue weighted by molar-refractivity contribution is 9.10. The number of oxazole rings is 2. The van der Waals surface area contributed by atoms with Crippen molar-refractivity contribution >= 4 is 38.1 Å². The van der Waals surface area contributed by atoms with Crippen LogP contribution >= 0.6 is 15.9 Å². The summed E-state index contributed by atoms with van der Waals surface area (Å²) in [6.07, 6.45) is 1.55. The van der Waals surface area contributed by atoms with Gasteiger partial charge in [-0.2, -0.15) is 0 Å². The second-order valence-electron chi connectivity index (χ2n) is 4.22. The van der Waals surface area contributed by atoms with Gasteiger partial charge in [-0.25, -0.2) is 9.97 Å². The Hall–Kier alpha value is -1.36. The van der Waals surface area contributed by atoms with Crippen molar-refractivity contribution < 1.29 is 8.83 Å². The van der Waals surface area contributed by atoms with Crippen LogP contribution in [0.2, 0.25) is 0 Å². The normalized spacial score (nSPS) is 11.8. The number of benzene rings is 1. The Bertz CT molecular complexity index is 626. The van der Waals surface area contributed by atoms with Crippen molar-refractivity contribution in [3.8, 4) is 0 Å². The molecule has 0 saturated carbocycles. The van der Waals surface area contributed by atoms with E-state index in [0.29, 0.717) is 0 Å². The van der Waals surface area contributed by atoms with Gasteiger partial charge in [0.1, 0.15) is 11.0 Å². The number of aryl methyl sites for hydroxylation is 3. The Morgan fingerprint density at radius 1 is 0.944 bits per heavy atom. The Balaban J connectivity index is 2.46. The molecule has 0 aliphatic carbocycles. The van der Waals surface area contributed by atoms with E-state index >= 15 is 0 Å². The fraction of sp³-hybridized carbons (Fsp3) is 0.385. The van der Waals surface area contributed by atoms with Crippen molar-refractivity contribution in [2.45, 2.75) is 33.6 Å². The van der Waals surface area contributed by atoms with Crippen LogP contribution in [0.25, 0.3) is 22.2 Å². The molecular weight excluding hydrogens is 296 g/mol. The Labute approximate surface area is 113 Å². The standard InChI is InChI=1S/C13H13BrN2O2/c1-4-7-15-10-6(3)12-11(9(14)13(10)18-7)16-8(5-2)17-12/h4-5H2,1-3H3. The molecule has 0 bridgehead atoms. The first-order valence-corrected chi connectivity index (χ1v) is 6.81. The number of nitrogens with zero attached hydrogens (tertiary/aromatic N) is 2. The third-order valence-electron chi connectivity index (χ3n) is 3.05. The SMILES string of the molecule is CCc1nc2c(Br)c3oc(CC)nc3c(C)c2o1. The molecule has 2 aromatic heterocycles. The number of fused-ring (bicyclic) bond motifs is 2. The molecular formula is C13H13BrN2O2. The van der Waals surface area contributed by atoms with Gasteiger partial charge in [-0.1, -0.05) is 13.8 Å². The van der Waals surface area contributed by atoms with Gasteiger partial charge in [0, 0.05) is 18.4 Å². The Morgan fingerprint density at radius 3 is 2.11 bits per heavy atom. The first kappa shape index (κ1) is 11.7. The summed E-state index contributed by atoms with van der Waals surface area (Å²) in [5.41, 5.74) is 4.20. The lowest BCUT2D eigenvalue weighted by atomic mass is 10.2. The van der Waals surface area contributed by atoms with E-state index in [1.54, 1.807) is 0 Å². The molecule has 5 heteroatoms. The average Bonchev–Trinajstić information content (AvgIpc) is 3.00. The molecule has 2 heterocycles. The van der Waals surface area contributed by atoms with Crippen LogP contribution in [0.15, 0.2) is 13.3 Å². The van der Waals surface area contributed by atoms with E-state index in [-0.39, 0.29) is 0 Å². The van der Waals surface area contributed by atoms with Gasteiger partial charge in [-0.3, -0.25) is 0 Å². The molecule has 0 atom stereocenters. The molecule has 0 aliphatic rings. The molecule has 18 heavy (non-hydrogen) atoms. The molecule has 4 nitrogen and oxygen atoms in total. The van der Waals surface area contributed by atoms with Crippen LogP contribution in [0.5, 0.6) is 0 Å². The lowest BCUT2D eigenvalue weighted by molar-refractivity contribution is 0.536. The second kappa shape index (κ2) is 4.09. The van der Waals surface area contributed by atoms with Crippen LogP contribution in [-0.2, 0) is 12.8 Å². The van der Waals surface area contributed by atoms with Crippen LogP contribution in [0.3, 0.4) is 0 Å². The summed E-state index contributed by atoms with van der Waals surface area (Å²) in [5.74, 6) is 1.47. The number of hydrogen-bond acceptors (Lipinski definition) is 4. The molecule has 0 unspecified atom stereocenters. The topological polar surface area (TPSA) is 52.1 Å². The van der Waals surface area contributed by atoms with Crippen LogP contribution in [0.4, 0.5) is 0 Å². The average molecular weight is 309 g/mol. The van der Waals surface area contributed by atoms with E-state index in [1.807, 2.05) is 20.8 Å². The quantitative estimate of drug-likeness (QED) is 0.713. The highest BCUT2D eigenvalue weighted by Crippen LogP contribution is 2.36. The molecule has 0 N–H and O–H groups in total. The van der Waals surface area contributed by atoms with Gasteiger partial charge >= 0.3 is 0 Å². The monoisotopic (exact) mass is 308 g/mol. The smallest absolute Gasteiger partial charge is 0.195 e. The molecule has 0 amide bonds. The third-order valence-corrected chi connectivity index (χ3v) is 3.79. The van der Waals surface area contributed by atoms with Crippen molar-refractivity contribution in [2.24, 2.45) is 0 Å². The van der Waals surface area contributed by atoms with Crippen molar-refractivity contribution in [1.82, 2.24) is 9.97 Å². The van der Waals surface area contributed by atoms with Gasteiger partial charge < -0.3 is 8.83 Å². The van der Waals surface area contributed by atoms with Crippen molar-refractivity contribution in [3.63, 3.8) is 0 Å². The molecule has 0 aliphatic heterocycles. The van der Waals surface area contributed by atoms with Crippen LogP contribution < -0.4 is 0 Å². The van der Waals surface area contributed by atoms with E-state index in [9.17, 15) is 0 Å². The fourth-order valence-corrected chi connectivity index (χ4v) is 2.59. The minimum atomic E-state index is 0.733. The van der Waals surface area contributed by atoms with Gasteiger partial charge in [0.25, 0.3) is 0 Å². The molecule has 3 aromatic rings. The van der Waals surface area contributed by atoms with Gasteiger partial charge in [-0.15, -0.1) is 0 Å². The van der Waals surface area contributed by atoms with E-state index in [4.69, 9.17) is 8.83 Å². The zero-order chi connectivity index (χ0) is 12.9. The maximum absolute atomic E-state index is 5.76. The summed E-state index contributed by atoms with van der Waals surface area (Å²) >= 11 is 3.55. The number of rotatable bonds is 2. The summed E-state index contributed by atoms with van der Waals surface area (Å²) in [6, 6.07) is 0. The fourth-order valence-electron chi connectivity index (χ4n) is 2.05. The summed E-state index contributed by atoms with van der Waals surface area (Å²) in [6.45, 7) is 6.03. The van der Waals surface area contributed by atoms with Crippen LogP contribution in [0.1, 0.15) is 31.2 Å². The van der Waals surface area contributed by atoms with Crippen molar-refractivity contribution in [2.75, 3.05) is 0 Å². The first-order chi connectivity index (χ1) is 8.65. The third kappa shape index (κ3) is 1.50. The lowest BCUT2D eigenvalue weighted by Gasteiger charge is -1.97. The van der Waals surface area contributed by atoms with Crippen LogP contribution in [-0.4, -0.2) is 9.97 Å². The summed E-state index contributed by atoms with van der Waals surface area (Å²) < 4.78 is 12.3. The van der Waals surface area contributed by atoms with E-state index in [2.05, 4.69) is 25.9 Å².